The summed E-state index contributed by atoms with van der Waals surface area (Å²) in [5.74, 6) is -1.99. The van der Waals surface area contributed by atoms with Gasteiger partial charge in [-0.3, -0.25) is 14.5 Å². The summed E-state index contributed by atoms with van der Waals surface area (Å²) in [6, 6.07) is -1.03. The molecule has 0 radical (unpaired) electrons. The average Bonchev–Trinajstić information content (AvgIpc) is 3.02. The maximum absolute atomic E-state index is 12.8. The number of aliphatic carboxylic acids is 1. The Morgan fingerprint density at radius 2 is 1.64 bits per heavy atom. The molecule has 1 aliphatic heterocycles. The number of alkyl halides is 2. The Bertz CT molecular complexity index is 506. The zero-order chi connectivity index (χ0) is 16.3. The molecule has 1 saturated heterocycles. The van der Waals surface area contributed by atoms with Crippen LogP contribution in [-0.2, 0) is 14.4 Å². The summed E-state index contributed by atoms with van der Waals surface area (Å²) in [7, 11) is 0. The lowest BCUT2D eigenvalue weighted by Crippen LogP contribution is -2.47. The first-order valence-electron chi connectivity index (χ1n) is 7.63. The van der Waals surface area contributed by atoms with Gasteiger partial charge in [0, 0.05) is 9.65 Å². The average molecular weight is 437 g/mol. The van der Waals surface area contributed by atoms with E-state index in [1.165, 1.54) is 0 Å². The van der Waals surface area contributed by atoms with Crippen LogP contribution in [0.4, 0.5) is 0 Å². The molecule has 3 rings (SSSR count). The SMILES string of the molecule is CC(C)C[C@@H](C(=O)O)N1C(=O)[C@@H]2[C@@H]3C[C@@H]([C@H](Br)[C@H]3Br)[C@@H]2C1=O. The van der Waals surface area contributed by atoms with Crippen molar-refractivity contribution in [2.24, 2.45) is 29.6 Å². The Hall–Kier alpha value is -0.430. The zero-order valence-electron chi connectivity index (χ0n) is 12.4. The fourth-order valence-corrected chi connectivity index (χ4v) is 6.32. The van der Waals surface area contributed by atoms with Crippen molar-refractivity contribution in [1.29, 1.82) is 0 Å². The predicted octanol–water partition coefficient (Wildman–Crippen LogP) is 2.26. The first kappa shape index (κ1) is 16.4. The van der Waals surface area contributed by atoms with Crippen molar-refractivity contribution in [3.05, 3.63) is 0 Å². The highest BCUT2D eigenvalue weighted by Gasteiger charge is 2.67. The van der Waals surface area contributed by atoms with Gasteiger partial charge in [-0.05, 0) is 30.6 Å². The Labute approximate surface area is 146 Å². The van der Waals surface area contributed by atoms with Gasteiger partial charge in [-0.15, -0.1) is 0 Å². The third-order valence-corrected chi connectivity index (χ3v) is 8.52. The van der Waals surface area contributed by atoms with E-state index in [1.807, 2.05) is 13.8 Å². The number of carboxylic acids is 1. The normalized spacial score (nSPS) is 41.4. The molecule has 1 N–H and O–H groups in total. The lowest BCUT2D eigenvalue weighted by atomic mass is 9.81. The van der Waals surface area contributed by atoms with Gasteiger partial charge in [0.1, 0.15) is 6.04 Å². The van der Waals surface area contributed by atoms with Crippen LogP contribution < -0.4 is 0 Å². The van der Waals surface area contributed by atoms with Crippen molar-refractivity contribution >= 4 is 49.6 Å². The molecule has 2 aliphatic carbocycles. The summed E-state index contributed by atoms with van der Waals surface area (Å²) in [6.45, 7) is 3.79. The summed E-state index contributed by atoms with van der Waals surface area (Å²) in [5, 5.41) is 9.47. The topological polar surface area (TPSA) is 74.7 Å². The molecule has 2 bridgehead atoms. The van der Waals surface area contributed by atoms with Gasteiger partial charge in [0.15, 0.2) is 0 Å². The van der Waals surface area contributed by atoms with Crippen molar-refractivity contribution in [3.63, 3.8) is 0 Å². The number of rotatable bonds is 4. The summed E-state index contributed by atoms with van der Waals surface area (Å²) in [4.78, 5) is 38.5. The first-order chi connectivity index (χ1) is 10.3. The van der Waals surface area contributed by atoms with Crippen LogP contribution in [-0.4, -0.2) is 43.5 Å². The molecule has 1 heterocycles. The number of imide groups is 1. The van der Waals surface area contributed by atoms with Gasteiger partial charge < -0.3 is 5.11 Å². The number of hydrogen-bond donors (Lipinski definition) is 1. The third-order valence-electron chi connectivity index (χ3n) is 5.31. The summed E-state index contributed by atoms with van der Waals surface area (Å²) in [6.07, 6.45) is 1.16. The van der Waals surface area contributed by atoms with Crippen LogP contribution in [0.15, 0.2) is 0 Å². The third kappa shape index (κ3) is 2.19. The number of carboxylic acid groups (broad SMARTS) is 1. The Morgan fingerprint density at radius 1 is 1.18 bits per heavy atom. The van der Waals surface area contributed by atoms with E-state index in [1.54, 1.807) is 0 Å². The number of halogens is 2. The van der Waals surface area contributed by atoms with Crippen LogP contribution in [0.1, 0.15) is 26.7 Å². The fraction of sp³-hybridized carbons (Fsp3) is 0.800. The largest absolute Gasteiger partial charge is 0.480 e. The highest BCUT2D eigenvalue weighted by Crippen LogP contribution is 2.60. The Morgan fingerprint density at radius 3 is 2.00 bits per heavy atom. The highest BCUT2D eigenvalue weighted by molar-refractivity contribution is 9.12. The van der Waals surface area contributed by atoms with E-state index < -0.39 is 12.0 Å². The number of carbonyl (C=O) groups is 3. The first-order valence-corrected chi connectivity index (χ1v) is 9.46. The molecule has 2 amide bonds. The van der Waals surface area contributed by atoms with Gasteiger partial charge >= 0.3 is 5.97 Å². The van der Waals surface area contributed by atoms with E-state index in [0.717, 1.165) is 11.3 Å². The van der Waals surface area contributed by atoms with Crippen molar-refractivity contribution in [2.75, 3.05) is 0 Å². The molecule has 7 heteroatoms. The van der Waals surface area contributed by atoms with E-state index in [-0.39, 0.29) is 51.1 Å². The molecule has 0 aromatic heterocycles. The summed E-state index contributed by atoms with van der Waals surface area (Å²) < 4.78 is 0. The van der Waals surface area contributed by atoms with Crippen molar-refractivity contribution in [2.45, 2.75) is 42.4 Å². The molecular weight excluding hydrogens is 418 g/mol. The van der Waals surface area contributed by atoms with E-state index in [2.05, 4.69) is 31.9 Å². The molecule has 2 saturated carbocycles. The van der Waals surface area contributed by atoms with Crippen molar-refractivity contribution < 1.29 is 19.5 Å². The van der Waals surface area contributed by atoms with Crippen LogP contribution >= 0.6 is 31.9 Å². The lowest BCUT2D eigenvalue weighted by molar-refractivity contribution is -0.156. The molecule has 5 nitrogen and oxygen atoms in total. The van der Waals surface area contributed by atoms with Crippen molar-refractivity contribution in [1.82, 2.24) is 4.90 Å². The smallest absolute Gasteiger partial charge is 0.326 e. The minimum Gasteiger partial charge on any atom is -0.480 e. The minimum atomic E-state index is -1.09. The Balaban J connectivity index is 1.92. The molecule has 3 fully saturated rings. The second-order valence-electron chi connectivity index (χ2n) is 7.03. The molecule has 22 heavy (non-hydrogen) atoms. The summed E-state index contributed by atoms with van der Waals surface area (Å²) >= 11 is 7.25. The number of nitrogens with zero attached hydrogens (tertiary/aromatic N) is 1. The van der Waals surface area contributed by atoms with Crippen LogP contribution in [0, 0.1) is 29.6 Å². The van der Waals surface area contributed by atoms with Crippen LogP contribution in [0.3, 0.4) is 0 Å². The van der Waals surface area contributed by atoms with Gasteiger partial charge in [0.2, 0.25) is 11.8 Å². The van der Waals surface area contributed by atoms with Gasteiger partial charge in [0.05, 0.1) is 11.8 Å². The highest BCUT2D eigenvalue weighted by atomic mass is 79.9. The van der Waals surface area contributed by atoms with Gasteiger partial charge in [-0.1, -0.05) is 45.7 Å². The van der Waals surface area contributed by atoms with Crippen LogP contribution in [0.25, 0.3) is 0 Å². The number of likely N-dealkylation sites (tertiary alicyclic amines) is 1. The molecule has 0 spiro atoms. The molecule has 0 unspecified atom stereocenters. The van der Waals surface area contributed by atoms with Crippen LogP contribution in [0.2, 0.25) is 0 Å². The van der Waals surface area contributed by atoms with Gasteiger partial charge in [-0.25, -0.2) is 4.79 Å². The van der Waals surface area contributed by atoms with Gasteiger partial charge in [-0.2, -0.15) is 0 Å². The van der Waals surface area contributed by atoms with Gasteiger partial charge in [0.25, 0.3) is 0 Å². The maximum atomic E-state index is 12.8. The predicted molar refractivity (Wildman–Crippen MR) is 86.7 cm³/mol. The van der Waals surface area contributed by atoms with E-state index in [0.29, 0.717) is 6.42 Å². The number of hydrogen-bond acceptors (Lipinski definition) is 3. The standard InChI is InChI=1S/C15H19Br2NO4/c1-5(2)3-8(15(21)22)18-13(19)9-6-4-7(10(9)14(18)20)12(17)11(6)16/h5-12H,3-4H2,1-2H3,(H,21,22)/t6-,7+,8-,9+,10-,11-,12-/m0/s1. The van der Waals surface area contributed by atoms with E-state index >= 15 is 0 Å². The zero-order valence-corrected chi connectivity index (χ0v) is 15.6. The summed E-state index contributed by atoms with van der Waals surface area (Å²) in [5.41, 5.74) is 0. The number of amides is 2. The van der Waals surface area contributed by atoms with Crippen LogP contribution in [0.5, 0.6) is 0 Å². The van der Waals surface area contributed by atoms with E-state index in [4.69, 9.17) is 0 Å². The molecule has 0 aromatic rings. The molecular formula is C15H19Br2NO4. The maximum Gasteiger partial charge on any atom is 0.326 e. The molecule has 122 valence electrons. The molecule has 7 atom stereocenters. The number of fused-ring (bicyclic) bond motifs is 5. The second kappa shape index (κ2) is 5.58. The number of carbonyl (C=O) groups excluding carboxylic acids is 2. The lowest BCUT2D eigenvalue weighted by Gasteiger charge is -2.28. The van der Waals surface area contributed by atoms with E-state index in [9.17, 15) is 19.5 Å². The Kier molecular flexibility index (Phi) is 4.17. The monoisotopic (exact) mass is 435 g/mol. The molecule has 3 aliphatic rings. The quantitative estimate of drug-likeness (QED) is 0.541. The fourth-order valence-electron chi connectivity index (χ4n) is 4.44. The minimum absolute atomic E-state index is 0.103. The molecule has 0 aromatic carbocycles. The van der Waals surface area contributed by atoms with Crippen molar-refractivity contribution in [3.8, 4) is 0 Å². The second-order valence-corrected chi connectivity index (χ2v) is 9.15.